The van der Waals surface area contributed by atoms with Gasteiger partial charge in [-0.25, -0.2) is 19.9 Å². The molecule has 541 valence electrons. The summed E-state index contributed by atoms with van der Waals surface area (Å²) < 4.78 is 29.6. The van der Waals surface area contributed by atoms with Crippen molar-refractivity contribution in [2.45, 2.75) is 6.42 Å². The van der Waals surface area contributed by atoms with Crippen LogP contribution in [0.25, 0.3) is 177 Å². The van der Waals surface area contributed by atoms with Crippen LogP contribution in [-0.2, 0) is 6.42 Å². The Hall–Kier alpha value is -13.2. The Morgan fingerprint density at radius 3 is 1.08 bits per heavy atom. The Balaban J connectivity index is 0.000000110. The number of halogens is 4. The van der Waals surface area contributed by atoms with Gasteiger partial charge in [-0.3, -0.25) is 0 Å². The van der Waals surface area contributed by atoms with E-state index in [0.717, 1.165) is 151 Å². The molecule has 1 aliphatic rings. The molecule has 7 aromatic heterocycles. The van der Waals surface area contributed by atoms with Crippen molar-refractivity contribution in [1.29, 1.82) is 0 Å². The molecule has 3 N–H and O–H groups in total. The van der Waals surface area contributed by atoms with Crippen molar-refractivity contribution in [2.75, 3.05) is 0 Å². The second kappa shape index (κ2) is 30.9. The molecule has 22 rings (SSSR count). The molecule has 0 spiro atoms. The Morgan fingerprint density at radius 1 is 0.301 bits per heavy atom. The highest BCUT2D eigenvalue weighted by atomic mass is 35.5. The summed E-state index contributed by atoms with van der Waals surface area (Å²) in [7, 11) is -0.652. The zero-order valence-corrected chi connectivity index (χ0v) is 62.1. The van der Waals surface area contributed by atoms with Crippen molar-refractivity contribution >= 4 is 176 Å². The van der Waals surface area contributed by atoms with Gasteiger partial charge in [0.25, 0.3) is 0 Å². The van der Waals surface area contributed by atoms with Gasteiger partial charge in [0, 0.05) is 76.5 Å². The smallest absolute Gasteiger partial charge is 0.537 e. The lowest BCUT2D eigenvalue weighted by atomic mass is 9.79. The zero-order chi connectivity index (χ0) is 76.6. The maximum Gasteiger partial charge on any atom is 0.569 e. The summed E-state index contributed by atoms with van der Waals surface area (Å²) in [6, 6.07) is 97.8. The molecule has 21 aromatic rings. The largest absolute Gasteiger partial charge is 0.569 e. The fraction of sp³-hybridized carbons (Fsp3) is 0.0111. The van der Waals surface area contributed by atoms with Crippen LogP contribution in [0.2, 0.25) is 21.1 Å². The Kier molecular flexibility index (Phi) is 19.5. The van der Waals surface area contributed by atoms with Crippen LogP contribution < -0.4 is 10.1 Å². The fourth-order valence-electron chi connectivity index (χ4n) is 14.5. The maximum atomic E-state index is 8.94. The van der Waals surface area contributed by atoms with Gasteiger partial charge in [-0.1, -0.05) is 237 Å². The minimum atomic E-state index is -1.38. The Morgan fingerprint density at radius 2 is 0.637 bits per heavy atom. The van der Waals surface area contributed by atoms with Gasteiger partial charge in [0.2, 0.25) is 21.1 Å². The predicted octanol–water partition coefficient (Wildman–Crippen LogP) is 22.0. The molecular weight excluding hydrogens is 1500 g/mol. The number of furan rings is 4. The first-order valence-electron chi connectivity index (χ1n) is 35.6. The average Bonchev–Trinajstić information content (AvgIpc) is 1.65. The molecule has 0 unspecified atom stereocenters. The molecule has 7 heterocycles. The first-order chi connectivity index (χ1) is 55.4. The molecule has 23 heteroatoms. The van der Waals surface area contributed by atoms with Gasteiger partial charge in [-0.15, -0.1) is 0 Å². The van der Waals surface area contributed by atoms with E-state index in [1.807, 2.05) is 212 Å². The number of hydrogen-bond donors (Lipinski definition) is 3. The van der Waals surface area contributed by atoms with Crippen molar-refractivity contribution in [3.63, 3.8) is 0 Å². The summed E-state index contributed by atoms with van der Waals surface area (Å²) in [5.74, 6) is 3.48. The van der Waals surface area contributed by atoms with Crippen LogP contribution in [0.4, 0.5) is 0 Å². The monoisotopic (exact) mass is 1550 g/mol. The lowest BCUT2D eigenvalue weighted by Gasteiger charge is -2.10. The summed E-state index contributed by atoms with van der Waals surface area (Å²) >= 11 is 22.4. The van der Waals surface area contributed by atoms with E-state index >= 15 is 0 Å². The van der Waals surface area contributed by atoms with E-state index < -0.39 is 7.12 Å². The minimum Gasteiger partial charge on any atom is -0.537 e. The number of benzene rings is 14. The maximum absolute atomic E-state index is 8.94. The highest BCUT2D eigenvalue weighted by Crippen LogP contribution is 2.45. The molecule has 0 saturated carbocycles. The van der Waals surface area contributed by atoms with E-state index in [1.165, 1.54) is 22.1 Å². The normalized spacial score (nSPS) is 11.5. The van der Waals surface area contributed by atoms with Gasteiger partial charge in [0.05, 0.1) is 0 Å². The van der Waals surface area contributed by atoms with Crippen molar-refractivity contribution in [2.24, 2.45) is 0 Å². The van der Waals surface area contributed by atoms with Gasteiger partial charge in [-0.05, 0) is 157 Å². The molecule has 14 aromatic carbocycles. The van der Waals surface area contributed by atoms with Crippen LogP contribution in [0.15, 0.2) is 315 Å². The topological polar surface area (TPSA) is 238 Å². The van der Waals surface area contributed by atoms with E-state index in [2.05, 4.69) is 97.7 Å². The third-order valence-electron chi connectivity index (χ3n) is 19.4. The van der Waals surface area contributed by atoms with E-state index in [0.29, 0.717) is 40.3 Å². The number of para-hydroxylation sites is 4. The highest BCUT2D eigenvalue weighted by Gasteiger charge is 2.25. The SMILES string of the molecule is Clc1nc(-c2cccc3oc4ccccc4c23)nc(-c2cccc3oc4ccccc4c23)n1.Clc1nc(Cl)nc(Cl)n1.OB(O)c1ccc2ccccc2c1.O[B]Oc1cccc2c1-c1ccccc1C2.c1ccc2cc(-c3nc(-c4cccc5oc6ccccc6c45)nc(-c4cccc5oc6ccccc6c45)n3)ccc2c1. The van der Waals surface area contributed by atoms with Crippen molar-refractivity contribution < 1.29 is 37.4 Å². The molecule has 0 aliphatic heterocycles. The van der Waals surface area contributed by atoms with Gasteiger partial charge in [0.1, 0.15) is 50.4 Å². The van der Waals surface area contributed by atoms with Gasteiger partial charge >= 0.3 is 14.8 Å². The lowest BCUT2D eigenvalue weighted by molar-refractivity contribution is 0.426. The summed E-state index contributed by atoms with van der Waals surface area (Å²) in [6.07, 6.45) is 0.939. The molecule has 0 bridgehead atoms. The summed E-state index contributed by atoms with van der Waals surface area (Å²) in [5.41, 5.74) is 16.2. The second-order valence-corrected chi connectivity index (χ2v) is 27.6. The van der Waals surface area contributed by atoms with Crippen LogP contribution in [0.3, 0.4) is 0 Å². The summed E-state index contributed by atoms with van der Waals surface area (Å²) in [6.45, 7) is 0. The minimum absolute atomic E-state index is 0.000000000000000444. The van der Waals surface area contributed by atoms with Crippen LogP contribution in [-0.4, -0.2) is 74.7 Å². The zero-order valence-electron chi connectivity index (χ0n) is 59.1. The Labute approximate surface area is 663 Å². The number of fused-ring (bicyclic) bond motifs is 17. The van der Waals surface area contributed by atoms with Crippen LogP contribution in [0, 0.1) is 0 Å². The molecule has 113 heavy (non-hydrogen) atoms. The first kappa shape index (κ1) is 71.4. The number of nitrogens with zero attached hydrogens (tertiary/aromatic N) is 9. The second-order valence-electron chi connectivity index (χ2n) is 26.2. The molecule has 1 aliphatic carbocycles. The molecule has 0 saturated heterocycles. The molecular formula is C90H54B2Cl4N9O8. The number of rotatable bonds is 8. The van der Waals surface area contributed by atoms with E-state index in [4.69, 9.17) is 104 Å². The first-order valence-corrected chi connectivity index (χ1v) is 37.1. The van der Waals surface area contributed by atoms with Gasteiger partial charge in [-0.2, -0.15) is 24.9 Å². The van der Waals surface area contributed by atoms with Crippen LogP contribution in [0.1, 0.15) is 11.1 Å². The lowest BCUT2D eigenvalue weighted by Crippen LogP contribution is -2.29. The molecule has 17 nitrogen and oxygen atoms in total. The van der Waals surface area contributed by atoms with Crippen molar-refractivity contribution in [3.05, 3.63) is 330 Å². The average molecular weight is 1550 g/mol. The molecule has 0 fully saturated rings. The van der Waals surface area contributed by atoms with Crippen molar-refractivity contribution in [1.82, 2.24) is 44.9 Å². The van der Waals surface area contributed by atoms with E-state index in [-0.39, 0.29) is 21.1 Å². The summed E-state index contributed by atoms with van der Waals surface area (Å²) in [4.78, 5) is 39.5. The highest BCUT2D eigenvalue weighted by molar-refractivity contribution is 6.59. The third kappa shape index (κ3) is 14.3. The molecule has 0 amide bonds. The predicted molar refractivity (Wildman–Crippen MR) is 450 cm³/mol. The van der Waals surface area contributed by atoms with Gasteiger partial charge in [0.15, 0.2) is 29.1 Å². The van der Waals surface area contributed by atoms with E-state index in [9.17, 15) is 0 Å². The van der Waals surface area contributed by atoms with Crippen LogP contribution >= 0.6 is 46.4 Å². The quantitative estimate of drug-likeness (QED) is 0.120. The van der Waals surface area contributed by atoms with Gasteiger partial charge < -0.3 is 37.4 Å². The van der Waals surface area contributed by atoms with Crippen LogP contribution in [0.5, 0.6) is 5.75 Å². The standard InChI is InChI=1S/C37H21N3O2.C27H14ClN3O2.C13H10BO2.C10H9BO2.C3Cl3N3/c1-2-10-23-21-24(20-19-22(23)9-1)35-38-36(27-13-7-17-31-33(27)25-11-3-5-15-29(25)41-31)40-37(39-35)28-14-8-18-32-34(28)26-12-4-6-16-30(26)42-32;28-27-30-25(17-9-5-13-21-23(17)15-7-1-3-11-19(15)32-21)29-26(31-27)18-10-6-14-22-24(18)16-8-2-4-12-20(16)33-22;15-14-16-12-7-3-5-10-8-9-4-1-2-6-11(9)13(10)12;12-11(13)10-6-5-8-3-1-2-4-9(8)7-10;4-1-7-2(5)9-3(6)8-1/h1-21H;1-14H;1-7,15H,8H2;1-7,12-13H;. The van der Waals surface area contributed by atoms with E-state index in [1.54, 1.807) is 12.1 Å². The third-order valence-corrected chi connectivity index (χ3v) is 20.1. The summed E-state index contributed by atoms with van der Waals surface area (Å²) in [5, 5.41) is 39.1. The number of hydrogen-bond acceptors (Lipinski definition) is 17. The molecule has 0 atom stereocenters. The van der Waals surface area contributed by atoms with Crippen molar-refractivity contribution in [3.8, 4) is 73.8 Å². The Bertz CT molecular complexity index is 6930. The molecule has 1 radical (unpaired) electrons. The fourth-order valence-corrected chi connectivity index (χ4v) is 15.3. The number of aromatic nitrogens is 9.